The summed E-state index contributed by atoms with van der Waals surface area (Å²) in [6, 6.07) is 19.2. The Morgan fingerprint density at radius 3 is 1.82 bits per heavy atom. The molecular weight excluding hydrogens is 702 g/mol. The number of carbonyl (C=O) groups is 5. The minimum Gasteiger partial charge on any atom is -0.453 e. The molecule has 1 aromatic heterocycles. The van der Waals surface area contributed by atoms with Gasteiger partial charge >= 0.3 is 12.1 Å². The number of aliphatic hydroxyl groups is 1. The molecule has 4 amide bonds. The number of nitrogens with zero attached hydrogens (tertiary/aromatic N) is 1. The van der Waals surface area contributed by atoms with Crippen LogP contribution in [-0.4, -0.2) is 83.4 Å². The van der Waals surface area contributed by atoms with Gasteiger partial charge in [-0.1, -0.05) is 102 Å². The maximum atomic E-state index is 14.0. The first-order valence-electron chi connectivity index (χ1n) is 18.4. The number of aliphatic hydroxyl groups excluding tert-OH is 1. The fourth-order valence-corrected chi connectivity index (χ4v) is 6.07. The highest BCUT2D eigenvalue weighted by Crippen LogP contribution is 2.24. The van der Waals surface area contributed by atoms with Gasteiger partial charge in [-0.2, -0.15) is 0 Å². The lowest BCUT2D eigenvalue weighted by Gasteiger charge is -2.35. The van der Waals surface area contributed by atoms with Crippen molar-refractivity contribution in [1.29, 1.82) is 0 Å². The van der Waals surface area contributed by atoms with Crippen LogP contribution in [0.5, 0.6) is 0 Å². The summed E-state index contributed by atoms with van der Waals surface area (Å²) in [5, 5.41) is 23.4. The lowest BCUT2D eigenvalue weighted by molar-refractivity contribution is -0.153. The van der Waals surface area contributed by atoms with Crippen molar-refractivity contribution < 1.29 is 38.6 Å². The first kappa shape index (κ1) is 44.1. The van der Waals surface area contributed by atoms with Gasteiger partial charge in [0.1, 0.15) is 12.1 Å². The number of hydrogen-bond donors (Lipinski definition) is 5. The van der Waals surface area contributed by atoms with Crippen molar-refractivity contribution in [2.24, 2.45) is 10.8 Å². The highest BCUT2D eigenvalue weighted by Gasteiger charge is 2.38. The normalized spacial score (nSPS) is 14.9. The molecule has 0 bridgehead atoms. The average molecular weight is 760 g/mol. The first-order chi connectivity index (χ1) is 25.8. The van der Waals surface area contributed by atoms with E-state index in [9.17, 15) is 29.1 Å². The molecule has 13 heteroatoms. The first-order valence-corrected chi connectivity index (χ1v) is 18.4. The highest BCUT2D eigenvalue weighted by molar-refractivity contribution is 5.91. The van der Waals surface area contributed by atoms with Gasteiger partial charge in [0.2, 0.25) is 11.8 Å². The molecule has 298 valence electrons. The van der Waals surface area contributed by atoms with Gasteiger partial charge in [-0.15, -0.1) is 0 Å². The summed E-state index contributed by atoms with van der Waals surface area (Å²) in [6.45, 7) is 13.4. The highest BCUT2D eigenvalue weighted by atomic mass is 16.5. The van der Waals surface area contributed by atoms with Crippen LogP contribution in [0, 0.1) is 10.8 Å². The number of alkyl carbamates (subject to hydrolysis) is 1. The van der Waals surface area contributed by atoms with Crippen LogP contribution in [0.4, 0.5) is 4.79 Å². The quantitative estimate of drug-likeness (QED) is 0.131. The van der Waals surface area contributed by atoms with Crippen LogP contribution in [-0.2, 0) is 41.5 Å². The van der Waals surface area contributed by atoms with Crippen LogP contribution in [0.1, 0.15) is 72.9 Å². The maximum Gasteiger partial charge on any atom is 0.407 e. The van der Waals surface area contributed by atoms with E-state index < -0.39 is 77.0 Å². The molecule has 1 heterocycles. The minimum absolute atomic E-state index is 0.0105. The van der Waals surface area contributed by atoms with Crippen LogP contribution in [0.25, 0.3) is 11.3 Å². The molecule has 55 heavy (non-hydrogen) atoms. The van der Waals surface area contributed by atoms with Crippen molar-refractivity contribution in [2.45, 2.75) is 111 Å². The van der Waals surface area contributed by atoms with Gasteiger partial charge < -0.3 is 35.8 Å². The van der Waals surface area contributed by atoms with Crippen molar-refractivity contribution in [1.82, 2.24) is 26.3 Å². The predicted molar refractivity (Wildman–Crippen MR) is 209 cm³/mol. The second-order valence-electron chi connectivity index (χ2n) is 15.9. The summed E-state index contributed by atoms with van der Waals surface area (Å²) in [4.78, 5) is 69.1. The number of hydrogen-bond acceptors (Lipinski definition) is 9. The zero-order valence-electron chi connectivity index (χ0n) is 33.3. The smallest absolute Gasteiger partial charge is 0.407 e. The van der Waals surface area contributed by atoms with Crippen molar-refractivity contribution in [3.8, 4) is 11.3 Å². The topological polar surface area (TPSA) is 185 Å². The lowest BCUT2D eigenvalue weighted by Crippen LogP contribution is -2.59. The van der Waals surface area contributed by atoms with E-state index in [1.165, 1.54) is 21.0 Å². The van der Waals surface area contributed by atoms with Crippen molar-refractivity contribution >= 4 is 29.8 Å². The lowest BCUT2D eigenvalue weighted by atomic mass is 9.85. The SMILES string of the molecule is COC(=O)N[C@H](C(=O)N[C@@H](Cc1ccc(-c2ccccn2)cc1)C[C@H](O)[C@H](Cc1ccccc1)NC(=O)C(NC(=O)C(C)OC(C)=O)C(C)(C)C)C(C)(C)C. The van der Waals surface area contributed by atoms with Crippen LogP contribution < -0.4 is 21.3 Å². The number of amides is 4. The molecule has 0 aliphatic carbocycles. The molecule has 3 aromatic rings. The van der Waals surface area contributed by atoms with E-state index in [4.69, 9.17) is 9.47 Å². The Morgan fingerprint density at radius 1 is 0.709 bits per heavy atom. The molecule has 0 fully saturated rings. The summed E-state index contributed by atoms with van der Waals surface area (Å²) >= 11 is 0. The Labute approximate surface area is 324 Å². The monoisotopic (exact) mass is 759 g/mol. The molecule has 0 saturated carbocycles. The molecule has 0 radical (unpaired) electrons. The Hall–Kier alpha value is -5.30. The number of aromatic nitrogens is 1. The van der Waals surface area contributed by atoms with E-state index in [-0.39, 0.29) is 12.8 Å². The predicted octanol–water partition coefficient (Wildman–Crippen LogP) is 4.51. The van der Waals surface area contributed by atoms with Crippen molar-refractivity contribution in [3.63, 3.8) is 0 Å². The third-order valence-electron chi connectivity index (χ3n) is 9.06. The number of nitrogens with one attached hydrogen (secondary N) is 4. The van der Waals surface area contributed by atoms with E-state index in [1.54, 1.807) is 27.0 Å². The van der Waals surface area contributed by atoms with Gasteiger partial charge in [0, 0.05) is 24.7 Å². The van der Waals surface area contributed by atoms with Gasteiger partial charge in [-0.25, -0.2) is 4.79 Å². The summed E-state index contributed by atoms with van der Waals surface area (Å²) < 4.78 is 9.83. The van der Waals surface area contributed by atoms with Gasteiger partial charge in [0.15, 0.2) is 6.10 Å². The van der Waals surface area contributed by atoms with Crippen LogP contribution in [0.3, 0.4) is 0 Å². The number of ether oxygens (including phenoxy) is 2. The van der Waals surface area contributed by atoms with Crippen molar-refractivity contribution in [3.05, 3.63) is 90.1 Å². The van der Waals surface area contributed by atoms with Crippen LogP contribution in [0.2, 0.25) is 0 Å². The summed E-state index contributed by atoms with van der Waals surface area (Å²) in [6.07, 6.45) is -0.816. The summed E-state index contributed by atoms with van der Waals surface area (Å²) in [5.41, 5.74) is 1.95. The van der Waals surface area contributed by atoms with Gasteiger partial charge in [-0.3, -0.25) is 24.2 Å². The van der Waals surface area contributed by atoms with Gasteiger partial charge in [0.05, 0.1) is 24.9 Å². The number of pyridine rings is 1. The molecule has 2 unspecified atom stereocenters. The molecule has 0 aliphatic rings. The standard InChI is InChI=1S/C42H57N5O8/c1-26(55-27(2)48)37(50)46-35(41(3,4)5)39(52)45-33(24-28-15-11-10-12-16-28)34(49)25-31(44-38(51)36(42(6,7)8)47-40(53)54-9)23-29-18-20-30(21-19-29)32-17-13-14-22-43-32/h10-22,26,31,33-36,49H,23-25H2,1-9H3,(H,44,51)(H,45,52)(H,46,50)(H,47,53)/t26?,31-,33-,34-,35?,36+/m0/s1. The Kier molecular flexibility index (Phi) is 15.9. The number of methoxy groups -OCH3 is 1. The zero-order valence-corrected chi connectivity index (χ0v) is 33.3. The Balaban J connectivity index is 1.96. The van der Waals surface area contributed by atoms with E-state index in [0.717, 1.165) is 22.4 Å². The number of rotatable bonds is 16. The summed E-state index contributed by atoms with van der Waals surface area (Å²) in [7, 11) is 1.22. The third kappa shape index (κ3) is 14.1. The molecule has 2 aromatic carbocycles. The Morgan fingerprint density at radius 2 is 1.27 bits per heavy atom. The van der Waals surface area contributed by atoms with Crippen LogP contribution >= 0.6 is 0 Å². The number of benzene rings is 2. The number of esters is 1. The van der Waals surface area contributed by atoms with E-state index in [0.29, 0.717) is 6.42 Å². The average Bonchev–Trinajstić information content (AvgIpc) is 3.11. The second-order valence-corrected chi connectivity index (χ2v) is 15.9. The zero-order chi connectivity index (χ0) is 40.9. The fraction of sp³-hybridized carbons (Fsp3) is 0.476. The largest absolute Gasteiger partial charge is 0.453 e. The molecule has 0 aliphatic heterocycles. The molecular formula is C42H57N5O8. The van der Waals surface area contributed by atoms with Gasteiger partial charge in [0.25, 0.3) is 5.91 Å². The van der Waals surface area contributed by atoms with Crippen molar-refractivity contribution in [2.75, 3.05) is 7.11 Å². The fourth-order valence-electron chi connectivity index (χ4n) is 6.07. The molecule has 0 saturated heterocycles. The van der Waals surface area contributed by atoms with Crippen LogP contribution in [0.15, 0.2) is 79.0 Å². The maximum absolute atomic E-state index is 14.0. The van der Waals surface area contributed by atoms with E-state index in [1.807, 2.05) is 93.6 Å². The molecule has 3 rings (SSSR count). The molecule has 5 N–H and O–H groups in total. The molecule has 6 atom stereocenters. The molecule has 13 nitrogen and oxygen atoms in total. The Bertz CT molecular complexity index is 1720. The van der Waals surface area contributed by atoms with Gasteiger partial charge in [-0.05, 0) is 60.3 Å². The minimum atomic E-state index is -1.19. The second kappa shape index (κ2) is 19.9. The third-order valence-corrected chi connectivity index (χ3v) is 9.06. The molecule has 0 spiro atoms. The number of carbonyl (C=O) groups excluding carboxylic acids is 5. The summed E-state index contributed by atoms with van der Waals surface area (Å²) in [5.74, 6) is -2.29. The van der Waals surface area contributed by atoms with E-state index in [2.05, 4.69) is 26.3 Å². The van der Waals surface area contributed by atoms with E-state index >= 15 is 0 Å².